The minimum Gasteiger partial charge on any atom is -0.335 e. The van der Waals surface area contributed by atoms with Crippen LogP contribution in [0, 0.1) is 0 Å². The fourth-order valence-corrected chi connectivity index (χ4v) is 4.91. The number of fused-ring (bicyclic) bond motifs is 3. The Bertz CT molecular complexity index is 1180. The van der Waals surface area contributed by atoms with Crippen molar-refractivity contribution in [1.82, 2.24) is 9.55 Å². The molecule has 0 bridgehead atoms. The van der Waals surface area contributed by atoms with Gasteiger partial charge in [-0.1, -0.05) is 30.4 Å². The lowest BCUT2D eigenvalue weighted by molar-refractivity contribution is 0.0945. The predicted molar refractivity (Wildman–Crippen MR) is 112 cm³/mol. The van der Waals surface area contributed by atoms with Gasteiger partial charge in [0.05, 0.1) is 17.8 Å². The second-order valence-electron chi connectivity index (χ2n) is 7.53. The van der Waals surface area contributed by atoms with Crippen LogP contribution in [0.2, 0.25) is 0 Å². The molecule has 1 atom stereocenters. The van der Waals surface area contributed by atoms with Gasteiger partial charge in [-0.05, 0) is 37.5 Å². The smallest absolute Gasteiger partial charge is 0.179 e. The van der Waals surface area contributed by atoms with Gasteiger partial charge in [-0.25, -0.2) is 4.98 Å². The van der Waals surface area contributed by atoms with E-state index >= 15 is 0 Å². The largest absolute Gasteiger partial charge is 0.335 e. The lowest BCUT2D eigenvalue weighted by Crippen LogP contribution is -2.19. The lowest BCUT2D eigenvalue weighted by atomic mass is 10.0. The van der Waals surface area contributed by atoms with Gasteiger partial charge in [-0.3, -0.25) is 9.59 Å². The first-order chi connectivity index (χ1) is 13.6. The van der Waals surface area contributed by atoms with E-state index in [-0.39, 0.29) is 17.6 Å². The Labute approximate surface area is 167 Å². The molecule has 2 aliphatic rings. The number of carbonyl (C=O) groups excluding carboxylic acids is 2. The molecule has 1 aliphatic heterocycles. The number of nitrogens with zero attached hydrogens (tertiary/aromatic N) is 2. The first kappa shape index (κ1) is 17.3. The fraction of sp³-hybridized carbons (Fsp3) is 0.261. The van der Waals surface area contributed by atoms with Crippen LogP contribution in [-0.2, 0) is 6.42 Å². The molecule has 0 radical (unpaired) electrons. The van der Waals surface area contributed by atoms with Gasteiger partial charge in [-0.15, -0.1) is 11.3 Å². The summed E-state index contributed by atoms with van der Waals surface area (Å²) in [7, 11) is 0. The zero-order chi connectivity index (χ0) is 19.3. The van der Waals surface area contributed by atoms with Crippen molar-refractivity contribution in [2.75, 3.05) is 0 Å². The summed E-state index contributed by atoms with van der Waals surface area (Å²) in [6.45, 7) is 2.13. The maximum atomic E-state index is 12.9. The molecule has 4 nitrogen and oxygen atoms in total. The topological polar surface area (TPSA) is 52.0 Å². The predicted octanol–water partition coefficient (Wildman–Crippen LogP) is 5.40. The Balaban J connectivity index is 1.44. The van der Waals surface area contributed by atoms with Crippen LogP contribution in [0.15, 0.2) is 47.9 Å². The molecule has 0 saturated carbocycles. The van der Waals surface area contributed by atoms with Crippen molar-refractivity contribution in [1.29, 1.82) is 0 Å². The van der Waals surface area contributed by atoms with E-state index in [1.54, 1.807) is 0 Å². The molecule has 3 aromatic rings. The van der Waals surface area contributed by atoms with Gasteiger partial charge in [0, 0.05) is 34.3 Å². The second-order valence-corrected chi connectivity index (χ2v) is 8.48. The Morgan fingerprint density at radius 2 is 2.21 bits per heavy atom. The van der Waals surface area contributed by atoms with Crippen LogP contribution in [-0.4, -0.2) is 21.1 Å². The third-order valence-corrected chi connectivity index (χ3v) is 6.49. The second kappa shape index (κ2) is 6.67. The Morgan fingerprint density at radius 3 is 3.04 bits per heavy atom. The molecular weight excluding hydrogens is 368 g/mol. The van der Waals surface area contributed by atoms with Crippen LogP contribution in [0.25, 0.3) is 16.5 Å². The Hall–Kier alpha value is -2.79. The summed E-state index contributed by atoms with van der Waals surface area (Å²) in [4.78, 5) is 29.8. The van der Waals surface area contributed by atoms with Gasteiger partial charge in [0.2, 0.25) is 0 Å². The molecule has 3 heterocycles. The average Bonchev–Trinajstić information content (AvgIpc) is 3.43. The SMILES string of the molecule is CC1CCC(=O)c2cc3ccc(C(=O)Cc4nc(C5=CC=CC5)cs4)cc3n21. The van der Waals surface area contributed by atoms with Crippen LogP contribution in [0.1, 0.15) is 63.8 Å². The number of thiazole rings is 1. The molecule has 5 rings (SSSR count). The van der Waals surface area contributed by atoms with Gasteiger partial charge >= 0.3 is 0 Å². The molecule has 1 unspecified atom stereocenters. The molecule has 0 saturated heterocycles. The fourth-order valence-electron chi connectivity index (χ4n) is 4.10. The standard InChI is InChI=1S/C23H20N2O2S/c1-14-6-9-21(26)20-10-16-7-8-17(11-19(16)25(14)20)22(27)12-23-24-18(13-28-23)15-4-2-3-5-15/h2-4,7-8,10-11,13-14H,5-6,9,12H2,1H3. The van der Waals surface area contributed by atoms with Crippen LogP contribution in [0.4, 0.5) is 0 Å². The number of hydrogen-bond donors (Lipinski definition) is 0. The number of benzene rings is 1. The molecule has 0 fully saturated rings. The average molecular weight is 388 g/mol. The summed E-state index contributed by atoms with van der Waals surface area (Å²) in [6.07, 6.45) is 8.88. The van der Waals surface area contributed by atoms with Crippen LogP contribution in [0.5, 0.6) is 0 Å². The highest BCUT2D eigenvalue weighted by molar-refractivity contribution is 7.09. The highest BCUT2D eigenvalue weighted by Gasteiger charge is 2.25. The number of rotatable bonds is 4. The minimum atomic E-state index is 0.0617. The number of Topliss-reactive ketones (excluding diaryl/α,β-unsaturated/α-hetero) is 2. The summed E-state index contributed by atoms with van der Waals surface area (Å²) in [5.41, 5.74) is 4.60. The van der Waals surface area contributed by atoms with E-state index in [0.29, 0.717) is 18.4 Å². The molecule has 28 heavy (non-hydrogen) atoms. The van der Waals surface area contributed by atoms with Gasteiger partial charge in [0.1, 0.15) is 5.01 Å². The molecule has 2 aromatic heterocycles. The zero-order valence-electron chi connectivity index (χ0n) is 15.6. The molecule has 0 N–H and O–H groups in total. The van der Waals surface area contributed by atoms with Gasteiger partial charge < -0.3 is 4.57 Å². The van der Waals surface area contributed by atoms with E-state index < -0.39 is 0 Å². The summed E-state index contributed by atoms with van der Waals surface area (Å²) >= 11 is 1.54. The van der Waals surface area contributed by atoms with Crippen molar-refractivity contribution < 1.29 is 9.59 Å². The first-order valence-electron chi connectivity index (χ1n) is 9.62. The molecular formula is C23H20N2O2S. The quantitative estimate of drug-likeness (QED) is 0.562. The van der Waals surface area contributed by atoms with Gasteiger partial charge in [-0.2, -0.15) is 0 Å². The van der Waals surface area contributed by atoms with Crippen LogP contribution in [0.3, 0.4) is 0 Å². The van der Waals surface area contributed by atoms with Crippen molar-refractivity contribution >= 4 is 39.4 Å². The van der Waals surface area contributed by atoms with Gasteiger partial charge in [0.25, 0.3) is 0 Å². The lowest BCUT2D eigenvalue weighted by Gasteiger charge is -2.22. The minimum absolute atomic E-state index is 0.0617. The molecule has 5 heteroatoms. The van der Waals surface area contributed by atoms with E-state index in [1.165, 1.54) is 16.9 Å². The van der Waals surface area contributed by atoms with Crippen molar-refractivity contribution in [3.63, 3.8) is 0 Å². The van der Waals surface area contributed by atoms with Crippen molar-refractivity contribution in [2.45, 2.75) is 38.6 Å². The monoisotopic (exact) mass is 388 g/mol. The van der Waals surface area contributed by atoms with Crippen molar-refractivity contribution in [3.8, 4) is 0 Å². The number of carbonyl (C=O) groups is 2. The Kier molecular flexibility index (Phi) is 4.13. The van der Waals surface area contributed by atoms with E-state index in [9.17, 15) is 9.59 Å². The normalized spacial score (nSPS) is 18.5. The summed E-state index contributed by atoms with van der Waals surface area (Å²) in [5.74, 6) is 0.250. The molecule has 1 aliphatic carbocycles. The summed E-state index contributed by atoms with van der Waals surface area (Å²) in [5, 5.41) is 3.89. The van der Waals surface area contributed by atoms with E-state index in [0.717, 1.165) is 40.1 Å². The Morgan fingerprint density at radius 1 is 1.32 bits per heavy atom. The van der Waals surface area contributed by atoms with Crippen molar-refractivity contribution in [3.05, 3.63) is 69.8 Å². The third kappa shape index (κ3) is 2.87. The van der Waals surface area contributed by atoms with E-state index in [4.69, 9.17) is 0 Å². The van der Waals surface area contributed by atoms with Crippen LogP contribution < -0.4 is 0 Å². The maximum Gasteiger partial charge on any atom is 0.179 e. The number of allylic oxidation sites excluding steroid dienone is 4. The third-order valence-electron chi connectivity index (χ3n) is 5.64. The maximum absolute atomic E-state index is 12.9. The summed E-state index contributed by atoms with van der Waals surface area (Å²) in [6, 6.07) is 7.98. The summed E-state index contributed by atoms with van der Waals surface area (Å²) < 4.78 is 2.10. The van der Waals surface area contributed by atoms with Crippen molar-refractivity contribution in [2.24, 2.45) is 0 Å². The van der Waals surface area contributed by atoms with Gasteiger partial charge in [0.15, 0.2) is 11.6 Å². The molecule has 1 aromatic carbocycles. The van der Waals surface area contributed by atoms with Crippen LogP contribution >= 0.6 is 11.3 Å². The molecule has 0 spiro atoms. The number of hydrogen-bond acceptors (Lipinski definition) is 4. The number of aromatic nitrogens is 2. The molecule has 140 valence electrons. The number of ketones is 2. The molecule has 0 amide bonds. The highest BCUT2D eigenvalue weighted by Crippen LogP contribution is 2.32. The van der Waals surface area contributed by atoms with E-state index in [2.05, 4.69) is 28.6 Å². The highest BCUT2D eigenvalue weighted by atomic mass is 32.1. The van der Waals surface area contributed by atoms with E-state index in [1.807, 2.05) is 35.7 Å². The first-order valence-corrected chi connectivity index (χ1v) is 10.5. The zero-order valence-corrected chi connectivity index (χ0v) is 16.5.